The molecule has 0 aromatic rings. The van der Waals surface area contributed by atoms with Crippen molar-refractivity contribution in [3.8, 4) is 0 Å². The molecule has 3 atom stereocenters. The molecule has 0 aromatic carbocycles. The molecule has 3 unspecified atom stereocenters. The van der Waals surface area contributed by atoms with Crippen molar-refractivity contribution < 1.29 is 0 Å². The molecular formula is C12H26N2. The van der Waals surface area contributed by atoms with Crippen LogP contribution in [-0.2, 0) is 0 Å². The molecule has 0 saturated heterocycles. The lowest BCUT2D eigenvalue weighted by atomic mass is 9.79. The highest BCUT2D eigenvalue weighted by Crippen LogP contribution is 2.29. The molecule has 0 amide bonds. The lowest BCUT2D eigenvalue weighted by Gasteiger charge is -2.34. The van der Waals surface area contributed by atoms with Crippen LogP contribution in [0.1, 0.15) is 47.0 Å². The second-order valence-corrected chi connectivity index (χ2v) is 5.83. The number of rotatable bonds is 3. The van der Waals surface area contributed by atoms with Crippen molar-refractivity contribution in [3.05, 3.63) is 0 Å². The minimum absolute atomic E-state index is 0.0771. The van der Waals surface area contributed by atoms with E-state index in [0.717, 1.165) is 18.4 Å². The Hall–Kier alpha value is -0.0800. The highest BCUT2D eigenvalue weighted by atomic mass is 15.0. The summed E-state index contributed by atoms with van der Waals surface area (Å²) in [6.45, 7) is 9.82. The maximum absolute atomic E-state index is 5.95. The smallest absolute Gasteiger partial charge is 0.0223 e. The molecule has 1 fully saturated rings. The number of nitrogens with one attached hydrogen (secondary N) is 1. The lowest BCUT2D eigenvalue weighted by molar-refractivity contribution is 0.220. The van der Waals surface area contributed by atoms with Gasteiger partial charge in [-0.3, -0.25) is 0 Å². The summed E-state index contributed by atoms with van der Waals surface area (Å²) in [4.78, 5) is 0. The van der Waals surface area contributed by atoms with Crippen LogP contribution in [0.5, 0.6) is 0 Å². The Kier molecular flexibility index (Phi) is 3.96. The van der Waals surface area contributed by atoms with Crippen molar-refractivity contribution in [1.29, 1.82) is 0 Å². The summed E-state index contributed by atoms with van der Waals surface area (Å²) in [5.74, 6) is 1.76. The second kappa shape index (κ2) is 4.63. The van der Waals surface area contributed by atoms with Crippen LogP contribution in [0.4, 0.5) is 0 Å². The predicted molar refractivity (Wildman–Crippen MR) is 62.2 cm³/mol. The Labute approximate surface area is 88.6 Å². The molecule has 1 aliphatic carbocycles. The first-order valence-electron chi connectivity index (χ1n) is 5.91. The Morgan fingerprint density at radius 1 is 1.21 bits per heavy atom. The molecule has 2 nitrogen and oxygen atoms in total. The van der Waals surface area contributed by atoms with Gasteiger partial charge < -0.3 is 11.1 Å². The van der Waals surface area contributed by atoms with Crippen molar-refractivity contribution >= 4 is 0 Å². The SMILES string of the molecule is CC1CCC(NCC(C)(C)N)CC1C. The van der Waals surface area contributed by atoms with Crippen molar-refractivity contribution in [2.75, 3.05) is 6.54 Å². The average Bonchev–Trinajstić information content (AvgIpc) is 2.06. The molecule has 0 aliphatic heterocycles. The standard InChI is InChI=1S/C12H26N2/c1-9-5-6-11(7-10(9)2)14-8-12(3,4)13/h9-11,14H,5-8,13H2,1-4H3. The topological polar surface area (TPSA) is 38.0 Å². The third-order valence-corrected chi connectivity index (χ3v) is 3.44. The molecule has 1 rings (SSSR count). The minimum atomic E-state index is -0.0771. The Balaban J connectivity index is 2.27. The largest absolute Gasteiger partial charge is 0.324 e. The molecule has 0 aromatic heterocycles. The van der Waals surface area contributed by atoms with Gasteiger partial charge in [-0.1, -0.05) is 13.8 Å². The quantitative estimate of drug-likeness (QED) is 0.729. The highest BCUT2D eigenvalue weighted by molar-refractivity contribution is 4.83. The van der Waals surface area contributed by atoms with Gasteiger partial charge in [0.2, 0.25) is 0 Å². The van der Waals surface area contributed by atoms with Crippen LogP contribution in [0.2, 0.25) is 0 Å². The van der Waals surface area contributed by atoms with E-state index in [2.05, 4.69) is 33.0 Å². The summed E-state index contributed by atoms with van der Waals surface area (Å²) in [7, 11) is 0. The van der Waals surface area contributed by atoms with Crippen LogP contribution in [0, 0.1) is 11.8 Å². The fourth-order valence-corrected chi connectivity index (χ4v) is 2.14. The summed E-state index contributed by atoms with van der Waals surface area (Å²) in [6, 6.07) is 0.698. The molecule has 0 heterocycles. The van der Waals surface area contributed by atoms with E-state index < -0.39 is 0 Å². The molecular weight excluding hydrogens is 172 g/mol. The molecule has 14 heavy (non-hydrogen) atoms. The van der Waals surface area contributed by atoms with Gasteiger partial charge in [-0.05, 0) is 44.9 Å². The van der Waals surface area contributed by atoms with Crippen LogP contribution in [0.3, 0.4) is 0 Å². The molecule has 0 spiro atoms. The number of hydrogen-bond acceptors (Lipinski definition) is 2. The Bertz CT molecular complexity index is 172. The first-order chi connectivity index (χ1) is 6.38. The number of hydrogen-bond donors (Lipinski definition) is 2. The third-order valence-electron chi connectivity index (χ3n) is 3.44. The van der Waals surface area contributed by atoms with Crippen LogP contribution < -0.4 is 11.1 Å². The van der Waals surface area contributed by atoms with Crippen molar-refractivity contribution in [2.45, 2.75) is 58.5 Å². The Morgan fingerprint density at radius 2 is 1.86 bits per heavy atom. The number of nitrogens with two attached hydrogens (primary N) is 1. The van der Waals surface area contributed by atoms with Gasteiger partial charge in [-0.15, -0.1) is 0 Å². The molecule has 0 bridgehead atoms. The van der Waals surface area contributed by atoms with E-state index in [-0.39, 0.29) is 5.54 Å². The summed E-state index contributed by atoms with van der Waals surface area (Å²) in [5, 5.41) is 3.59. The van der Waals surface area contributed by atoms with Gasteiger partial charge in [0.15, 0.2) is 0 Å². The maximum Gasteiger partial charge on any atom is 0.0223 e. The van der Waals surface area contributed by atoms with E-state index in [0.29, 0.717) is 6.04 Å². The summed E-state index contributed by atoms with van der Waals surface area (Å²) < 4.78 is 0. The van der Waals surface area contributed by atoms with Gasteiger partial charge >= 0.3 is 0 Å². The zero-order valence-corrected chi connectivity index (χ0v) is 10.1. The normalized spacial score (nSPS) is 34.5. The molecule has 2 heteroatoms. The molecule has 3 N–H and O–H groups in total. The third kappa shape index (κ3) is 3.97. The van der Waals surface area contributed by atoms with Gasteiger partial charge in [-0.2, -0.15) is 0 Å². The first kappa shape index (κ1) is 12.0. The fourth-order valence-electron chi connectivity index (χ4n) is 2.14. The Morgan fingerprint density at radius 3 is 2.36 bits per heavy atom. The van der Waals surface area contributed by atoms with Crippen molar-refractivity contribution in [3.63, 3.8) is 0 Å². The van der Waals surface area contributed by atoms with Crippen LogP contribution in [0.15, 0.2) is 0 Å². The van der Waals surface area contributed by atoms with Crippen LogP contribution in [-0.4, -0.2) is 18.1 Å². The summed E-state index contributed by atoms with van der Waals surface area (Å²) in [5.41, 5.74) is 5.87. The van der Waals surface area contributed by atoms with Crippen molar-refractivity contribution in [1.82, 2.24) is 5.32 Å². The zero-order valence-electron chi connectivity index (χ0n) is 10.1. The van der Waals surface area contributed by atoms with Gasteiger partial charge in [0.1, 0.15) is 0 Å². The predicted octanol–water partition coefficient (Wildman–Crippen LogP) is 2.14. The fraction of sp³-hybridized carbons (Fsp3) is 1.00. The van der Waals surface area contributed by atoms with E-state index in [9.17, 15) is 0 Å². The second-order valence-electron chi connectivity index (χ2n) is 5.83. The first-order valence-corrected chi connectivity index (χ1v) is 5.91. The summed E-state index contributed by atoms with van der Waals surface area (Å²) >= 11 is 0. The van der Waals surface area contributed by atoms with Gasteiger partial charge in [0.25, 0.3) is 0 Å². The molecule has 84 valence electrons. The monoisotopic (exact) mass is 198 g/mol. The van der Waals surface area contributed by atoms with Gasteiger partial charge in [-0.25, -0.2) is 0 Å². The van der Waals surface area contributed by atoms with E-state index in [1.165, 1.54) is 19.3 Å². The van der Waals surface area contributed by atoms with E-state index in [1.54, 1.807) is 0 Å². The average molecular weight is 198 g/mol. The van der Waals surface area contributed by atoms with E-state index in [1.807, 2.05) is 0 Å². The molecule has 1 saturated carbocycles. The van der Waals surface area contributed by atoms with E-state index in [4.69, 9.17) is 5.73 Å². The van der Waals surface area contributed by atoms with Gasteiger partial charge in [0, 0.05) is 18.1 Å². The van der Waals surface area contributed by atoms with E-state index >= 15 is 0 Å². The maximum atomic E-state index is 5.95. The summed E-state index contributed by atoms with van der Waals surface area (Å²) in [6.07, 6.45) is 4.00. The highest BCUT2D eigenvalue weighted by Gasteiger charge is 2.25. The van der Waals surface area contributed by atoms with Gasteiger partial charge in [0.05, 0.1) is 0 Å². The molecule has 1 aliphatic rings. The molecule has 0 radical (unpaired) electrons. The zero-order chi connectivity index (χ0) is 10.8. The minimum Gasteiger partial charge on any atom is -0.324 e. The van der Waals surface area contributed by atoms with Crippen LogP contribution in [0.25, 0.3) is 0 Å². The van der Waals surface area contributed by atoms with Crippen LogP contribution >= 0.6 is 0 Å². The lowest BCUT2D eigenvalue weighted by Crippen LogP contribution is -2.48. The van der Waals surface area contributed by atoms with Crippen molar-refractivity contribution in [2.24, 2.45) is 17.6 Å².